The second-order valence-electron chi connectivity index (χ2n) is 4.22. The van der Waals surface area contributed by atoms with E-state index in [2.05, 4.69) is 5.16 Å². The lowest BCUT2D eigenvalue weighted by Gasteiger charge is -2.05. The van der Waals surface area contributed by atoms with Crippen LogP contribution in [0.4, 0.5) is 8.78 Å². The summed E-state index contributed by atoms with van der Waals surface area (Å²) in [5, 5.41) is 3.85. The Morgan fingerprint density at radius 3 is 2.76 bits per heavy atom. The van der Waals surface area contributed by atoms with Crippen LogP contribution >= 0.6 is 0 Å². The Bertz CT molecular complexity index is 387. The van der Waals surface area contributed by atoms with Gasteiger partial charge in [-0.2, -0.15) is 0 Å². The van der Waals surface area contributed by atoms with Gasteiger partial charge in [-0.3, -0.25) is 0 Å². The Labute approximate surface area is 99.3 Å². The van der Waals surface area contributed by atoms with Gasteiger partial charge < -0.3 is 4.84 Å². The lowest BCUT2D eigenvalue weighted by atomic mass is 10.1. The Morgan fingerprint density at radius 1 is 1.29 bits per heavy atom. The predicted octanol–water partition coefficient (Wildman–Crippen LogP) is 3.92. The molecule has 0 radical (unpaired) electrons. The zero-order valence-corrected chi connectivity index (χ0v) is 9.48. The Morgan fingerprint density at radius 2 is 2.06 bits per heavy atom. The molecule has 0 bridgehead atoms. The fourth-order valence-corrected chi connectivity index (χ4v) is 1.95. The molecule has 1 aromatic rings. The summed E-state index contributed by atoms with van der Waals surface area (Å²) in [6.45, 7) is 0. The number of nitrogens with zero attached hydrogens (tertiary/aromatic N) is 1. The fourth-order valence-electron chi connectivity index (χ4n) is 1.95. The summed E-state index contributed by atoms with van der Waals surface area (Å²) in [4.78, 5) is 5.29. The zero-order valence-electron chi connectivity index (χ0n) is 9.48. The van der Waals surface area contributed by atoms with Crippen LogP contribution in [0.2, 0.25) is 0 Å². The maximum atomic E-state index is 12.4. The molecule has 0 aromatic heterocycles. The molecule has 4 heteroatoms. The van der Waals surface area contributed by atoms with Crippen molar-refractivity contribution in [3.05, 3.63) is 35.4 Å². The molecule has 1 aliphatic carbocycles. The van der Waals surface area contributed by atoms with Crippen molar-refractivity contribution in [3.8, 4) is 0 Å². The van der Waals surface area contributed by atoms with Crippen LogP contribution in [0.3, 0.4) is 0 Å². The first-order valence-corrected chi connectivity index (χ1v) is 5.83. The minimum absolute atomic E-state index is 0.00909. The number of alkyl halides is 2. The monoisotopic (exact) mass is 239 g/mol. The van der Waals surface area contributed by atoms with Gasteiger partial charge in [-0.05, 0) is 37.3 Å². The second-order valence-corrected chi connectivity index (χ2v) is 4.22. The third-order valence-corrected chi connectivity index (χ3v) is 2.88. The first kappa shape index (κ1) is 12.0. The van der Waals surface area contributed by atoms with E-state index in [1.807, 2.05) is 0 Å². The molecule has 0 amide bonds. The van der Waals surface area contributed by atoms with Crippen LogP contribution in [0.25, 0.3) is 0 Å². The zero-order chi connectivity index (χ0) is 12.1. The van der Waals surface area contributed by atoms with E-state index < -0.39 is 6.43 Å². The van der Waals surface area contributed by atoms with E-state index >= 15 is 0 Å². The third kappa shape index (κ3) is 3.51. The molecule has 17 heavy (non-hydrogen) atoms. The molecule has 0 spiro atoms. The Balaban J connectivity index is 1.93. The molecule has 0 atom stereocenters. The summed E-state index contributed by atoms with van der Waals surface area (Å²) in [7, 11) is 0. The molecular formula is C13H15F2NO. The fraction of sp³-hybridized carbons (Fsp3) is 0.462. The van der Waals surface area contributed by atoms with Gasteiger partial charge in [-0.15, -0.1) is 0 Å². The van der Waals surface area contributed by atoms with Crippen molar-refractivity contribution >= 4 is 6.21 Å². The maximum absolute atomic E-state index is 12.4. The minimum Gasteiger partial charge on any atom is -0.393 e. The second kappa shape index (κ2) is 5.75. The smallest absolute Gasteiger partial charge is 0.263 e. The van der Waals surface area contributed by atoms with Gasteiger partial charge in [0, 0.05) is 5.56 Å². The summed E-state index contributed by atoms with van der Waals surface area (Å²) >= 11 is 0. The summed E-state index contributed by atoms with van der Waals surface area (Å²) < 4.78 is 24.9. The van der Waals surface area contributed by atoms with Crippen LogP contribution in [-0.2, 0) is 4.84 Å². The van der Waals surface area contributed by atoms with Crippen molar-refractivity contribution in [2.45, 2.75) is 38.2 Å². The highest BCUT2D eigenvalue weighted by molar-refractivity contribution is 5.79. The van der Waals surface area contributed by atoms with Gasteiger partial charge in [0.1, 0.15) is 6.10 Å². The lowest BCUT2D eigenvalue weighted by molar-refractivity contribution is 0.0657. The molecule has 1 fully saturated rings. The average molecular weight is 239 g/mol. The molecule has 2 rings (SSSR count). The largest absolute Gasteiger partial charge is 0.393 e. The third-order valence-electron chi connectivity index (χ3n) is 2.88. The summed E-state index contributed by atoms with van der Waals surface area (Å²) in [6, 6.07) is 6.15. The van der Waals surface area contributed by atoms with Gasteiger partial charge in [-0.1, -0.05) is 23.4 Å². The van der Waals surface area contributed by atoms with E-state index in [1.165, 1.54) is 31.2 Å². The van der Waals surface area contributed by atoms with Gasteiger partial charge in [0.2, 0.25) is 0 Å². The molecule has 1 saturated carbocycles. The lowest BCUT2D eigenvalue weighted by Crippen LogP contribution is -2.02. The Hall–Kier alpha value is -1.45. The number of rotatable bonds is 4. The molecule has 92 valence electrons. The minimum atomic E-state index is -2.45. The first-order valence-electron chi connectivity index (χ1n) is 5.83. The van der Waals surface area contributed by atoms with Crippen LogP contribution in [0.5, 0.6) is 0 Å². The van der Waals surface area contributed by atoms with Gasteiger partial charge in [-0.25, -0.2) is 8.78 Å². The van der Waals surface area contributed by atoms with Crippen LogP contribution in [-0.4, -0.2) is 12.3 Å². The highest BCUT2D eigenvalue weighted by atomic mass is 19.3. The number of hydrogen-bond acceptors (Lipinski definition) is 2. The molecule has 0 aliphatic heterocycles. The quantitative estimate of drug-likeness (QED) is 0.576. The highest BCUT2D eigenvalue weighted by Crippen LogP contribution is 2.21. The van der Waals surface area contributed by atoms with Crippen molar-refractivity contribution in [1.29, 1.82) is 0 Å². The van der Waals surface area contributed by atoms with Gasteiger partial charge in [0.15, 0.2) is 0 Å². The highest BCUT2D eigenvalue weighted by Gasteiger charge is 2.15. The molecule has 0 heterocycles. The molecule has 0 N–H and O–H groups in total. The van der Waals surface area contributed by atoms with E-state index in [4.69, 9.17) is 4.84 Å². The summed E-state index contributed by atoms with van der Waals surface area (Å²) in [6.07, 6.45) is 3.68. The van der Waals surface area contributed by atoms with E-state index in [-0.39, 0.29) is 11.7 Å². The Kier molecular flexibility index (Phi) is 4.07. The summed E-state index contributed by atoms with van der Waals surface area (Å²) in [5.74, 6) is 0. The molecule has 2 nitrogen and oxygen atoms in total. The number of hydrogen-bond donors (Lipinski definition) is 0. The first-order chi connectivity index (χ1) is 8.25. The van der Waals surface area contributed by atoms with E-state index in [1.54, 1.807) is 12.1 Å². The molecular weight excluding hydrogens is 224 g/mol. The van der Waals surface area contributed by atoms with Crippen molar-refractivity contribution in [3.63, 3.8) is 0 Å². The topological polar surface area (TPSA) is 21.6 Å². The number of halogens is 2. The number of oxime groups is 1. The SMILES string of the molecule is FC(F)c1cccc(C=NOC2CCCC2)c1. The van der Waals surface area contributed by atoms with Crippen molar-refractivity contribution in [2.75, 3.05) is 0 Å². The van der Waals surface area contributed by atoms with Crippen LogP contribution in [0.1, 0.15) is 43.2 Å². The molecule has 1 aromatic carbocycles. The standard InChI is InChI=1S/C13H15F2NO/c14-13(15)11-5-3-4-10(8-11)9-16-17-12-6-1-2-7-12/h3-5,8-9,12-13H,1-2,6-7H2. The van der Waals surface area contributed by atoms with Crippen molar-refractivity contribution in [2.24, 2.45) is 5.16 Å². The van der Waals surface area contributed by atoms with E-state index in [0.29, 0.717) is 5.56 Å². The van der Waals surface area contributed by atoms with Crippen LogP contribution in [0, 0.1) is 0 Å². The van der Waals surface area contributed by atoms with Crippen molar-refractivity contribution in [1.82, 2.24) is 0 Å². The van der Waals surface area contributed by atoms with Gasteiger partial charge >= 0.3 is 0 Å². The summed E-state index contributed by atoms with van der Waals surface area (Å²) in [5.41, 5.74) is 0.649. The van der Waals surface area contributed by atoms with Crippen molar-refractivity contribution < 1.29 is 13.6 Å². The van der Waals surface area contributed by atoms with E-state index in [9.17, 15) is 8.78 Å². The molecule has 1 aliphatic rings. The van der Waals surface area contributed by atoms with Gasteiger partial charge in [0.05, 0.1) is 6.21 Å². The average Bonchev–Trinajstić information content (AvgIpc) is 2.82. The predicted molar refractivity (Wildman–Crippen MR) is 62.3 cm³/mol. The van der Waals surface area contributed by atoms with E-state index in [0.717, 1.165) is 12.8 Å². The van der Waals surface area contributed by atoms with Gasteiger partial charge in [0.25, 0.3) is 6.43 Å². The molecule has 0 unspecified atom stereocenters. The van der Waals surface area contributed by atoms with Crippen LogP contribution in [0.15, 0.2) is 29.4 Å². The molecule has 0 saturated heterocycles. The van der Waals surface area contributed by atoms with Crippen LogP contribution < -0.4 is 0 Å². The normalized spacial score (nSPS) is 17.1. The maximum Gasteiger partial charge on any atom is 0.263 e. The number of benzene rings is 1.